The Kier molecular flexibility index (Phi) is 4.74. The molecule has 7 heteroatoms. The first kappa shape index (κ1) is 15.1. The van der Waals surface area contributed by atoms with E-state index in [1.807, 2.05) is 0 Å². The highest BCUT2D eigenvalue weighted by molar-refractivity contribution is 7.89. The van der Waals surface area contributed by atoms with E-state index in [0.717, 1.165) is 0 Å². The Balaban J connectivity index is 2.30. The lowest BCUT2D eigenvalue weighted by molar-refractivity contribution is 0.115. The summed E-state index contributed by atoms with van der Waals surface area (Å²) in [6.07, 6.45) is 0.681. The predicted octanol–water partition coefficient (Wildman–Crippen LogP) is 2.49. The van der Waals surface area contributed by atoms with Gasteiger partial charge in [0.2, 0.25) is 10.0 Å². The molecule has 1 aromatic carbocycles. The molecule has 19 heavy (non-hydrogen) atoms. The monoisotopic (exact) mass is 323 g/mol. The molecule has 2 rings (SSSR count). The lowest BCUT2D eigenvalue weighted by Gasteiger charge is -2.17. The van der Waals surface area contributed by atoms with E-state index in [1.165, 1.54) is 16.4 Å². The minimum Gasteiger partial charge on any atom is -0.380 e. The van der Waals surface area contributed by atoms with Crippen LogP contribution in [0.2, 0.25) is 5.02 Å². The van der Waals surface area contributed by atoms with Crippen LogP contribution in [0.15, 0.2) is 23.1 Å². The molecule has 0 bridgehead atoms. The average Bonchev–Trinajstić information content (AvgIpc) is 2.88. The molecule has 1 aliphatic rings. The molecule has 0 aromatic heterocycles. The zero-order valence-electron chi connectivity index (χ0n) is 10.5. The Morgan fingerprint density at radius 1 is 1.47 bits per heavy atom. The minimum absolute atomic E-state index is 0.0328. The molecule has 0 radical (unpaired) electrons. The van der Waals surface area contributed by atoms with Gasteiger partial charge in [0.25, 0.3) is 0 Å². The number of methoxy groups -OCH3 is 1. The van der Waals surface area contributed by atoms with E-state index < -0.39 is 10.0 Å². The third-order valence-corrected chi connectivity index (χ3v) is 5.76. The standard InChI is InChI=1S/C12H15Cl2NO3S/c1-18-10-4-5-15(8-10)19(16,17)11-2-3-12(14)9(6-11)7-13/h2-3,6,10H,4-5,7-8H2,1H3. The molecule has 1 fully saturated rings. The lowest BCUT2D eigenvalue weighted by Crippen LogP contribution is -2.30. The van der Waals surface area contributed by atoms with Crippen molar-refractivity contribution in [1.29, 1.82) is 0 Å². The van der Waals surface area contributed by atoms with Crippen LogP contribution in [-0.2, 0) is 20.6 Å². The molecule has 0 saturated carbocycles. The van der Waals surface area contributed by atoms with Gasteiger partial charge in [-0.15, -0.1) is 11.6 Å². The van der Waals surface area contributed by atoms with E-state index >= 15 is 0 Å². The van der Waals surface area contributed by atoms with Gasteiger partial charge >= 0.3 is 0 Å². The van der Waals surface area contributed by atoms with Crippen molar-refractivity contribution in [3.8, 4) is 0 Å². The van der Waals surface area contributed by atoms with E-state index in [9.17, 15) is 8.42 Å². The van der Waals surface area contributed by atoms with Crippen LogP contribution >= 0.6 is 23.2 Å². The number of sulfonamides is 1. The molecule has 1 saturated heterocycles. The third-order valence-electron chi connectivity index (χ3n) is 3.24. The van der Waals surface area contributed by atoms with E-state index in [-0.39, 0.29) is 16.9 Å². The molecule has 0 spiro atoms. The maximum Gasteiger partial charge on any atom is 0.243 e. The van der Waals surface area contributed by atoms with Crippen molar-refractivity contribution in [3.63, 3.8) is 0 Å². The van der Waals surface area contributed by atoms with Crippen molar-refractivity contribution in [2.45, 2.75) is 23.3 Å². The summed E-state index contributed by atoms with van der Waals surface area (Å²) in [5, 5.41) is 0.477. The quantitative estimate of drug-likeness (QED) is 0.800. The van der Waals surface area contributed by atoms with Crippen molar-refractivity contribution in [3.05, 3.63) is 28.8 Å². The number of hydrogen-bond acceptors (Lipinski definition) is 3. The molecule has 4 nitrogen and oxygen atoms in total. The van der Waals surface area contributed by atoms with Gasteiger partial charge in [0, 0.05) is 31.1 Å². The fourth-order valence-electron chi connectivity index (χ4n) is 2.07. The van der Waals surface area contributed by atoms with Gasteiger partial charge in [-0.25, -0.2) is 8.42 Å². The van der Waals surface area contributed by atoms with Gasteiger partial charge in [-0.1, -0.05) is 11.6 Å². The number of benzene rings is 1. The fraction of sp³-hybridized carbons (Fsp3) is 0.500. The van der Waals surface area contributed by atoms with Crippen LogP contribution < -0.4 is 0 Å². The number of rotatable bonds is 4. The first-order chi connectivity index (χ1) is 8.98. The summed E-state index contributed by atoms with van der Waals surface area (Å²) in [5.74, 6) is 0.183. The van der Waals surface area contributed by atoms with Crippen LogP contribution in [0.4, 0.5) is 0 Å². The predicted molar refractivity (Wildman–Crippen MR) is 75.2 cm³/mol. The molecule has 1 unspecified atom stereocenters. The highest BCUT2D eigenvalue weighted by Gasteiger charge is 2.32. The number of nitrogens with zero attached hydrogens (tertiary/aromatic N) is 1. The Morgan fingerprint density at radius 3 is 2.79 bits per heavy atom. The first-order valence-corrected chi connectivity index (χ1v) is 8.21. The Morgan fingerprint density at radius 2 is 2.21 bits per heavy atom. The van der Waals surface area contributed by atoms with Crippen LogP contribution in [0.5, 0.6) is 0 Å². The Bertz CT molecular complexity index is 562. The zero-order valence-corrected chi connectivity index (χ0v) is 12.8. The summed E-state index contributed by atoms with van der Waals surface area (Å²) in [4.78, 5) is 0.226. The van der Waals surface area contributed by atoms with Crippen molar-refractivity contribution < 1.29 is 13.2 Å². The highest BCUT2D eigenvalue weighted by atomic mass is 35.5. The van der Waals surface area contributed by atoms with E-state index in [4.69, 9.17) is 27.9 Å². The summed E-state index contributed by atoms with van der Waals surface area (Å²) < 4.78 is 31.5. The highest BCUT2D eigenvalue weighted by Crippen LogP contribution is 2.26. The summed E-state index contributed by atoms with van der Waals surface area (Å²) >= 11 is 11.7. The number of ether oxygens (including phenoxy) is 1. The summed E-state index contributed by atoms with van der Waals surface area (Å²) in [6.45, 7) is 0.858. The Labute approximate surface area is 123 Å². The number of alkyl halides is 1. The van der Waals surface area contributed by atoms with E-state index in [0.29, 0.717) is 30.1 Å². The van der Waals surface area contributed by atoms with Gasteiger partial charge in [0.15, 0.2) is 0 Å². The summed E-state index contributed by atoms with van der Waals surface area (Å²) in [7, 11) is -1.90. The minimum atomic E-state index is -3.50. The normalized spacial score (nSPS) is 20.9. The van der Waals surface area contributed by atoms with E-state index in [2.05, 4.69) is 0 Å². The second-order valence-electron chi connectivity index (χ2n) is 4.40. The van der Waals surface area contributed by atoms with Gasteiger partial charge in [-0.2, -0.15) is 4.31 Å². The molecule has 1 aromatic rings. The smallest absolute Gasteiger partial charge is 0.243 e. The number of halogens is 2. The largest absolute Gasteiger partial charge is 0.380 e. The SMILES string of the molecule is COC1CCN(S(=O)(=O)c2ccc(Cl)c(CCl)c2)C1. The van der Waals surface area contributed by atoms with Crippen molar-refractivity contribution in [1.82, 2.24) is 4.31 Å². The van der Waals surface area contributed by atoms with Crippen LogP contribution in [0.3, 0.4) is 0 Å². The first-order valence-electron chi connectivity index (χ1n) is 5.86. The fourth-order valence-corrected chi connectivity index (χ4v) is 4.08. The topological polar surface area (TPSA) is 46.6 Å². The molecule has 1 atom stereocenters. The molecule has 1 aliphatic heterocycles. The molecular weight excluding hydrogens is 309 g/mol. The van der Waals surface area contributed by atoms with Gasteiger partial charge in [-0.3, -0.25) is 0 Å². The van der Waals surface area contributed by atoms with Gasteiger partial charge < -0.3 is 4.74 Å². The molecule has 0 N–H and O–H groups in total. The lowest BCUT2D eigenvalue weighted by atomic mass is 10.2. The molecule has 0 aliphatic carbocycles. The van der Waals surface area contributed by atoms with Crippen LogP contribution in [-0.4, -0.2) is 39.0 Å². The molecule has 1 heterocycles. The maximum absolute atomic E-state index is 12.5. The van der Waals surface area contributed by atoms with Crippen molar-refractivity contribution in [2.24, 2.45) is 0 Å². The summed E-state index contributed by atoms with van der Waals surface area (Å²) in [6, 6.07) is 4.61. The van der Waals surface area contributed by atoms with E-state index in [1.54, 1.807) is 13.2 Å². The van der Waals surface area contributed by atoms with Crippen molar-refractivity contribution in [2.75, 3.05) is 20.2 Å². The molecular formula is C12H15Cl2NO3S. The van der Waals surface area contributed by atoms with Gasteiger partial charge in [-0.05, 0) is 30.2 Å². The van der Waals surface area contributed by atoms with Gasteiger partial charge in [0.05, 0.1) is 11.0 Å². The molecule has 0 amide bonds. The van der Waals surface area contributed by atoms with Crippen LogP contribution in [0.25, 0.3) is 0 Å². The van der Waals surface area contributed by atoms with Gasteiger partial charge in [0.1, 0.15) is 0 Å². The third kappa shape index (κ3) is 3.06. The Hall–Kier alpha value is -0.330. The number of hydrogen-bond donors (Lipinski definition) is 0. The summed E-state index contributed by atoms with van der Waals surface area (Å²) in [5.41, 5.74) is 0.617. The second-order valence-corrected chi connectivity index (χ2v) is 7.01. The maximum atomic E-state index is 12.5. The van der Waals surface area contributed by atoms with Crippen LogP contribution in [0, 0.1) is 0 Å². The average molecular weight is 324 g/mol. The molecule has 106 valence electrons. The van der Waals surface area contributed by atoms with Crippen molar-refractivity contribution >= 4 is 33.2 Å². The second kappa shape index (κ2) is 5.97. The zero-order chi connectivity index (χ0) is 14.0. The van der Waals surface area contributed by atoms with Crippen LogP contribution in [0.1, 0.15) is 12.0 Å².